The SMILES string of the molecule is CCCS(=O)(=O)NCC(C)c1ccc(C#CCCCN=[N+]=[N-])cc1. The van der Waals surface area contributed by atoms with Crippen LogP contribution in [-0.2, 0) is 10.0 Å². The van der Waals surface area contributed by atoms with E-state index in [-0.39, 0.29) is 11.7 Å². The summed E-state index contributed by atoms with van der Waals surface area (Å²) in [6.07, 6.45) is 2.06. The van der Waals surface area contributed by atoms with E-state index in [1.807, 2.05) is 38.1 Å². The average Bonchev–Trinajstić information content (AvgIpc) is 2.56. The van der Waals surface area contributed by atoms with Crippen LogP contribution in [0.3, 0.4) is 0 Å². The van der Waals surface area contributed by atoms with Gasteiger partial charge in [0.15, 0.2) is 0 Å². The van der Waals surface area contributed by atoms with Crippen LogP contribution in [0.2, 0.25) is 0 Å². The minimum absolute atomic E-state index is 0.0995. The second-order valence-corrected chi connectivity index (χ2v) is 7.48. The van der Waals surface area contributed by atoms with Gasteiger partial charge in [0, 0.05) is 30.0 Å². The fourth-order valence-corrected chi connectivity index (χ4v) is 3.24. The highest BCUT2D eigenvalue weighted by Crippen LogP contribution is 2.15. The molecule has 0 spiro atoms. The van der Waals surface area contributed by atoms with Gasteiger partial charge in [-0.3, -0.25) is 0 Å². The molecule has 24 heavy (non-hydrogen) atoms. The van der Waals surface area contributed by atoms with Gasteiger partial charge < -0.3 is 0 Å². The van der Waals surface area contributed by atoms with Crippen LogP contribution in [-0.4, -0.2) is 27.3 Å². The van der Waals surface area contributed by atoms with Crippen LogP contribution in [0.5, 0.6) is 0 Å². The molecule has 6 nitrogen and oxygen atoms in total. The van der Waals surface area contributed by atoms with Gasteiger partial charge in [-0.05, 0) is 42.0 Å². The lowest BCUT2D eigenvalue weighted by Gasteiger charge is -2.13. The molecule has 0 radical (unpaired) electrons. The second kappa shape index (κ2) is 10.7. The molecule has 7 heteroatoms. The Balaban J connectivity index is 2.51. The zero-order valence-electron chi connectivity index (χ0n) is 14.2. The van der Waals surface area contributed by atoms with Crippen molar-refractivity contribution >= 4 is 10.0 Å². The lowest BCUT2D eigenvalue weighted by atomic mass is 10.0. The monoisotopic (exact) mass is 348 g/mol. The van der Waals surface area contributed by atoms with E-state index in [0.29, 0.717) is 25.9 Å². The van der Waals surface area contributed by atoms with Crippen molar-refractivity contribution < 1.29 is 8.42 Å². The molecule has 0 aliphatic carbocycles. The Kier molecular flexibility index (Phi) is 8.95. The van der Waals surface area contributed by atoms with E-state index < -0.39 is 10.0 Å². The third-order valence-corrected chi connectivity index (χ3v) is 4.97. The first-order valence-corrected chi connectivity index (χ1v) is 9.70. The largest absolute Gasteiger partial charge is 0.215 e. The Hall–Kier alpha value is -2.00. The van der Waals surface area contributed by atoms with Gasteiger partial charge >= 0.3 is 0 Å². The topological polar surface area (TPSA) is 94.9 Å². The van der Waals surface area contributed by atoms with Crippen LogP contribution >= 0.6 is 0 Å². The lowest BCUT2D eigenvalue weighted by Crippen LogP contribution is -2.29. The van der Waals surface area contributed by atoms with Gasteiger partial charge in [0.2, 0.25) is 10.0 Å². The van der Waals surface area contributed by atoms with Crippen molar-refractivity contribution in [1.29, 1.82) is 0 Å². The van der Waals surface area contributed by atoms with Crippen molar-refractivity contribution in [3.05, 3.63) is 45.8 Å². The zero-order chi connectivity index (χ0) is 17.8. The molecule has 0 aliphatic rings. The van der Waals surface area contributed by atoms with Crippen molar-refractivity contribution in [2.45, 2.75) is 39.0 Å². The fourth-order valence-electron chi connectivity index (χ4n) is 2.05. The Morgan fingerprint density at radius 1 is 1.33 bits per heavy atom. The molecule has 0 saturated heterocycles. The van der Waals surface area contributed by atoms with Gasteiger partial charge in [0.25, 0.3) is 0 Å². The Morgan fingerprint density at radius 2 is 2.04 bits per heavy atom. The van der Waals surface area contributed by atoms with E-state index in [0.717, 1.165) is 17.5 Å². The summed E-state index contributed by atoms with van der Waals surface area (Å²) in [6.45, 7) is 4.70. The molecule has 1 unspecified atom stereocenters. The highest BCUT2D eigenvalue weighted by molar-refractivity contribution is 7.89. The standard InChI is InChI=1S/C17H24N4O2S/c1-3-13-24(22,23)20-14-15(2)17-10-8-16(9-11-17)7-5-4-6-12-19-21-18/h8-11,15,20H,3-4,6,12-14H2,1-2H3. The van der Waals surface area contributed by atoms with E-state index in [4.69, 9.17) is 5.53 Å². The number of sulfonamides is 1. The molecule has 0 amide bonds. The highest BCUT2D eigenvalue weighted by Gasteiger charge is 2.11. The number of unbranched alkanes of at least 4 members (excludes halogenated alkanes) is 1. The molecular weight excluding hydrogens is 324 g/mol. The normalized spacial score (nSPS) is 11.9. The van der Waals surface area contributed by atoms with Crippen molar-refractivity contribution in [1.82, 2.24) is 4.72 Å². The summed E-state index contributed by atoms with van der Waals surface area (Å²) < 4.78 is 26.0. The predicted octanol–water partition coefficient (Wildman–Crippen LogP) is 3.56. The summed E-state index contributed by atoms with van der Waals surface area (Å²) in [4.78, 5) is 2.69. The molecule has 1 N–H and O–H groups in total. The second-order valence-electron chi connectivity index (χ2n) is 5.55. The van der Waals surface area contributed by atoms with E-state index in [2.05, 4.69) is 26.6 Å². The van der Waals surface area contributed by atoms with Gasteiger partial charge in [-0.1, -0.05) is 42.9 Å². The summed E-state index contributed by atoms with van der Waals surface area (Å²) in [6, 6.07) is 7.82. The van der Waals surface area contributed by atoms with Crippen molar-refractivity contribution in [2.24, 2.45) is 5.11 Å². The molecule has 1 aromatic rings. The third-order valence-electron chi connectivity index (χ3n) is 3.42. The highest BCUT2D eigenvalue weighted by atomic mass is 32.2. The smallest absolute Gasteiger partial charge is 0.211 e. The first-order valence-electron chi connectivity index (χ1n) is 8.05. The van der Waals surface area contributed by atoms with Crippen LogP contribution in [0.15, 0.2) is 29.4 Å². The number of hydrogen-bond acceptors (Lipinski definition) is 3. The fraction of sp³-hybridized carbons (Fsp3) is 0.529. The minimum atomic E-state index is -3.17. The Morgan fingerprint density at radius 3 is 2.67 bits per heavy atom. The molecule has 130 valence electrons. The van der Waals surface area contributed by atoms with E-state index in [1.54, 1.807) is 0 Å². The summed E-state index contributed by atoms with van der Waals surface area (Å²) in [5, 5.41) is 3.46. The van der Waals surface area contributed by atoms with Crippen LogP contribution < -0.4 is 4.72 Å². The molecule has 0 bridgehead atoms. The first kappa shape index (κ1) is 20.0. The molecular formula is C17H24N4O2S. The van der Waals surface area contributed by atoms with E-state index >= 15 is 0 Å². The summed E-state index contributed by atoms with van der Waals surface area (Å²) >= 11 is 0. The molecule has 0 heterocycles. The minimum Gasteiger partial charge on any atom is -0.215 e. The van der Waals surface area contributed by atoms with Crippen LogP contribution in [0.4, 0.5) is 0 Å². The van der Waals surface area contributed by atoms with Crippen molar-refractivity contribution in [3.63, 3.8) is 0 Å². The van der Waals surface area contributed by atoms with Crippen molar-refractivity contribution in [3.8, 4) is 11.8 Å². The average molecular weight is 348 g/mol. The maximum absolute atomic E-state index is 11.7. The molecule has 1 aromatic carbocycles. The lowest BCUT2D eigenvalue weighted by molar-refractivity contribution is 0.573. The molecule has 0 fully saturated rings. The Labute approximate surface area is 144 Å². The van der Waals surface area contributed by atoms with Gasteiger partial charge in [-0.25, -0.2) is 13.1 Å². The molecule has 1 atom stereocenters. The number of benzene rings is 1. The predicted molar refractivity (Wildman–Crippen MR) is 97.1 cm³/mol. The number of azide groups is 1. The van der Waals surface area contributed by atoms with E-state index in [1.165, 1.54) is 0 Å². The van der Waals surface area contributed by atoms with Gasteiger partial charge in [0.05, 0.1) is 5.75 Å². The summed E-state index contributed by atoms with van der Waals surface area (Å²) in [5.74, 6) is 6.37. The maximum atomic E-state index is 11.7. The molecule has 0 saturated carbocycles. The number of hydrogen-bond donors (Lipinski definition) is 1. The molecule has 1 rings (SSSR count). The Bertz CT molecular complexity index is 711. The van der Waals surface area contributed by atoms with Crippen molar-refractivity contribution in [2.75, 3.05) is 18.8 Å². The third kappa shape index (κ3) is 8.02. The van der Waals surface area contributed by atoms with Gasteiger partial charge in [-0.15, -0.1) is 0 Å². The molecule has 0 aromatic heterocycles. The summed E-state index contributed by atoms with van der Waals surface area (Å²) in [5.41, 5.74) is 10.2. The van der Waals surface area contributed by atoms with Gasteiger partial charge in [-0.2, -0.15) is 0 Å². The first-order chi connectivity index (χ1) is 11.5. The van der Waals surface area contributed by atoms with Gasteiger partial charge in [0.1, 0.15) is 0 Å². The molecule has 0 aliphatic heterocycles. The quantitative estimate of drug-likeness (QED) is 0.243. The van der Waals surface area contributed by atoms with Crippen LogP contribution in [0.1, 0.15) is 50.2 Å². The maximum Gasteiger partial charge on any atom is 0.211 e. The number of nitrogens with one attached hydrogen (secondary N) is 1. The van der Waals surface area contributed by atoms with Crippen LogP contribution in [0.25, 0.3) is 10.4 Å². The van der Waals surface area contributed by atoms with Crippen LogP contribution in [0, 0.1) is 11.8 Å². The van der Waals surface area contributed by atoms with E-state index in [9.17, 15) is 8.42 Å². The number of nitrogens with zero attached hydrogens (tertiary/aromatic N) is 3. The number of rotatable bonds is 9. The zero-order valence-corrected chi connectivity index (χ0v) is 15.0. The summed E-state index contributed by atoms with van der Waals surface area (Å²) in [7, 11) is -3.17.